The lowest BCUT2D eigenvalue weighted by Gasteiger charge is -2.04. The van der Waals surface area contributed by atoms with E-state index in [0.717, 1.165) is 6.07 Å². The Balaban J connectivity index is 2.81. The van der Waals surface area contributed by atoms with Gasteiger partial charge < -0.3 is 5.73 Å². The lowest BCUT2D eigenvalue weighted by Crippen LogP contribution is -2.17. The highest BCUT2D eigenvalue weighted by molar-refractivity contribution is 5.82. The van der Waals surface area contributed by atoms with E-state index in [1.165, 1.54) is 12.1 Å². The number of rotatable bonds is 3. The highest BCUT2D eigenvalue weighted by Crippen LogP contribution is 2.10. The van der Waals surface area contributed by atoms with Crippen LogP contribution in [0.4, 0.5) is 8.78 Å². The fourth-order valence-corrected chi connectivity index (χ4v) is 1.24. The van der Waals surface area contributed by atoms with Crippen molar-refractivity contribution in [1.29, 1.82) is 0 Å². The molecule has 1 aromatic carbocycles. The summed E-state index contributed by atoms with van der Waals surface area (Å²) in [6.45, 7) is 3.77. The molecular formula is C11H14F2N2. The molecular weight excluding hydrogens is 198 g/mol. The average Bonchev–Trinajstić information content (AvgIpc) is 2.08. The summed E-state index contributed by atoms with van der Waals surface area (Å²) in [4.78, 5) is 4.07. The minimum absolute atomic E-state index is 0.0773. The molecule has 1 aromatic rings. The first kappa shape index (κ1) is 11.6. The highest BCUT2D eigenvalue weighted by atomic mass is 19.1. The van der Waals surface area contributed by atoms with E-state index in [0.29, 0.717) is 11.4 Å². The molecule has 0 saturated carbocycles. The van der Waals surface area contributed by atoms with Crippen LogP contribution in [0.3, 0.4) is 0 Å². The maximum absolute atomic E-state index is 13.2. The first-order valence-corrected chi connectivity index (χ1v) is 4.75. The van der Waals surface area contributed by atoms with Crippen molar-refractivity contribution in [2.75, 3.05) is 0 Å². The molecule has 0 unspecified atom stereocenters. The lowest BCUT2D eigenvalue weighted by atomic mass is 10.1. The molecule has 0 bridgehead atoms. The largest absolute Gasteiger partial charge is 0.387 e. The number of halogens is 2. The van der Waals surface area contributed by atoms with Crippen molar-refractivity contribution in [3.8, 4) is 0 Å². The highest BCUT2D eigenvalue weighted by Gasteiger charge is 2.05. The van der Waals surface area contributed by atoms with Crippen LogP contribution < -0.4 is 5.73 Å². The van der Waals surface area contributed by atoms with Gasteiger partial charge in [-0.1, -0.05) is 6.07 Å². The third kappa shape index (κ3) is 3.65. The van der Waals surface area contributed by atoms with Gasteiger partial charge in [-0.3, -0.25) is 4.99 Å². The number of hydrogen-bond acceptors (Lipinski definition) is 1. The van der Waals surface area contributed by atoms with Gasteiger partial charge in [0.05, 0.1) is 5.84 Å². The van der Waals surface area contributed by atoms with Gasteiger partial charge in [-0.15, -0.1) is 0 Å². The van der Waals surface area contributed by atoms with E-state index in [-0.39, 0.29) is 12.5 Å². The summed E-state index contributed by atoms with van der Waals surface area (Å²) >= 11 is 0. The summed E-state index contributed by atoms with van der Waals surface area (Å²) in [5.41, 5.74) is 5.96. The van der Waals surface area contributed by atoms with E-state index in [2.05, 4.69) is 4.99 Å². The Morgan fingerprint density at radius 1 is 1.40 bits per heavy atom. The van der Waals surface area contributed by atoms with Crippen LogP contribution in [-0.2, 0) is 6.42 Å². The second kappa shape index (κ2) is 4.87. The van der Waals surface area contributed by atoms with Crippen LogP contribution in [0, 0.1) is 11.6 Å². The Hall–Kier alpha value is -1.45. The van der Waals surface area contributed by atoms with Crippen molar-refractivity contribution in [3.05, 3.63) is 35.4 Å². The van der Waals surface area contributed by atoms with Crippen LogP contribution in [-0.4, -0.2) is 11.9 Å². The van der Waals surface area contributed by atoms with E-state index in [4.69, 9.17) is 5.73 Å². The average molecular weight is 212 g/mol. The smallest absolute Gasteiger partial charge is 0.129 e. The molecule has 0 radical (unpaired) electrons. The molecule has 0 fully saturated rings. The number of aliphatic imine (C=N–C) groups is 1. The van der Waals surface area contributed by atoms with E-state index < -0.39 is 11.6 Å². The van der Waals surface area contributed by atoms with Crippen LogP contribution in [0.15, 0.2) is 23.2 Å². The van der Waals surface area contributed by atoms with E-state index >= 15 is 0 Å². The van der Waals surface area contributed by atoms with Crippen molar-refractivity contribution in [2.45, 2.75) is 26.3 Å². The molecule has 0 saturated heterocycles. The maximum atomic E-state index is 13.2. The molecule has 0 aromatic heterocycles. The first-order valence-electron chi connectivity index (χ1n) is 4.75. The first-order chi connectivity index (χ1) is 6.99. The molecule has 0 aliphatic carbocycles. The monoisotopic (exact) mass is 212 g/mol. The number of nitrogens with zero attached hydrogens (tertiary/aromatic N) is 1. The van der Waals surface area contributed by atoms with Crippen molar-refractivity contribution in [2.24, 2.45) is 10.7 Å². The number of nitrogens with two attached hydrogens (primary N) is 1. The molecule has 2 nitrogen and oxygen atoms in total. The van der Waals surface area contributed by atoms with Crippen LogP contribution in [0.1, 0.15) is 19.4 Å². The fourth-order valence-electron chi connectivity index (χ4n) is 1.24. The van der Waals surface area contributed by atoms with Crippen molar-refractivity contribution in [1.82, 2.24) is 0 Å². The summed E-state index contributed by atoms with van der Waals surface area (Å²) in [7, 11) is 0. The Kier molecular flexibility index (Phi) is 3.77. The van der Waals surface area contributed by atoms with Gasteiger partial charge in [0.1, 0.15) is 11.6 Å². The van der Waals surface area contributed by atoms with Gasteiger partial charge in [-0.05, 0) is 25.5 Å². The molecule has 0 amide bonds. The number of benzene rings is 1. The molecule has 1 rings (SSSR count). The topological polar surface area (TPSA) is 38.4 Å². The second-order valence-corrected chi connectivity index (χ2v) is 3.63. The molecule has 82 valence electrons. The fraction of sp³-hybridized carbons (Fsp3) is 0.364. The van der Waals surface area contributed by atoms with Gasteiger partial charge in [0, 0.05) is 18.5 Å². The van der Waals surface area contributed by atoms with Crippen LogP contribution in [0.5, 0.6) is 0 Å². The number of amidine groups is 1. The summed E-state index contributed by atoms with van der Waals surface area (Å²) in [5.74, 6) is -0.817. The van der Waals surface area contributed by atoms with Crippen LogP contribution >= 0.6 is 0 Å². The van der Waals surface area contributed by atoms with Crippen LogP contribution in [0.2, 0.25) is 0 Å². The van der Waals surface area contributed by atoms with Crippen LogP contribution in [0.25, 0.3) is 0 Å². The third-order valence-corrected chi connectivity index (χ3v) is 1.81. The minimum Gasteiger partial charge on any atom is -0.387 e. The third-order valence-electron chi connectivity index (χ3n) is 1.81. The molecule has 0 heterocycles. The van der Waals surface area contributed by atoms with Gasteiger partial charge in [-0.2, -0.15) is 0 Å². The lowest BCUT2D eigenvalue weighted by molar-refractivity contribution is 0.575. The summed E-state index contributed by atoms with van der Waals surface area (Å²) < 4.78 is 25.8. The normalized spacial score (nSPS) is 12.2. The Morgan fingerprint density at radius 3 is 2.60 bits per heavy atom. The van der Waals surface area contributed by atoms with Gasteiger partial charge in [0.2, 0.25) is 0 Å². The number of hydrogen-bond donors (Lipinski definition) is 1. The Morgan fingerprint density at radius 2 is 2.07 bits per heavy atom. The summed E-state index contributed by atoms with van der Waals surface area (Å²) in [6, 6.07) is 3.51. The van der Waals surface area contributed by atoms with Gasteiger partial charge in [-0.25, -0.2) is 8.78 Å². The molecule has 0 atom stereocenters. The Labute approximate surface area is 87.8 Å². The van der Waals surface area contributed by atoms with E-state index in [9.17, 15) is 8.78 Å². The van der Waals surface area contributed by atoms with Gasteiger partial charge in [0.25, 0.3) is 0 Å². The molecule has 4 heteroatoms. The Bertz CT molecular complexity index is 373. The molecule has 15 heavy (non-hydrogen) atoms. The zero-order chi connectivity index (χ0) is 11.4. The van der Waals surface area contributed by atoms with Crippen molar-refractivity contribution >= 4 is 5.84 Å². The zero-order valence-electron chi connectivity index (χ0n) is 8.80. The predicted octanol–water partition coefficient (Wildman–Crippen LogP) is 2.27. The minimum atomic E-state index is -0.587. The van der Waals surface area contributed by atoms with E-state index in [1.807, 2.05) is 13.8 Å². The standard InChI is InChI=1S/C11H14F2N2/c1-7(2)15-11(14)5-8-3-4-9(12)6-10(8)13/h3-4,6-7H,5H2,1-2H3,(H2,14,15). The second-order valence-electron chi connectivity index (χ2n) is 3.63. The molecule has 0 aliphatic rings. The quantitative estimate of drug-likeness (QED) is 0.605. The SMILES string of the molecule is CC(C)N=C(N)Cc1ccc(F)cc1F. The van der Waals surface area contributed by atoms with Crippen molar-refractivity contribution < 1.29 is 8.78 Å². The zero-order valence-corrected chi connectivity index (χ0v) is 8.80. The van der Waals surface area contributed by atoms with Crippen molar-refractivity contribution in [3.63, 3.8) is 0 Å². The predicted molar refractivity (Wildman–Crippen MR) is 56.8 cm³/mol. The van der Waals surface area contributed by atoms with Gasteiger partial charge in [0.15, 0.2) is 0 Å². The summed E-state index contributed by atoms with van der Waals surface area (Å²) in [6.07, 6.45) is 0.213. The summed E-state index contributed by atoms with van der Waals surface area (Å²) in [5, 5.41) is 0. The van der Waals surface area contributed by atoms with Gasteiger partial charge >= 0.3 is 0 Å². The maximum Gasteiger partial charge on any atom is 0.129 e. The molecule has 2 N–H and O–H groups in total. The molecule has 0 aliphatic heterocycles. The van der Waals surface area contributed by atoms with E-state index in [1.54, 1.807) is 0 Å². The molecule has 0 spiro atoms.